The summed E-state index contributed by atoms with van der Waals surface area (Å²) in [6.45, 7) is -0.0605. The largest absolute Gasteiger partial charge is 0.325 e. The summed E-state index contributed by atoms with van der Waals surface area (Å²) in [7, 11) is -3.70. The summed E-state index contributed by atoms with van der Waals surface area (Å²) in [5.74, 6) is -0.391. The number of sulfonamides is 1. The lowest BCUT2D eigenvalue weighted by Crippen LogP contribution is -2.27. The normalized spacial score (nSPS) is 11.3. The van der Waals surface area contributed by atoms with Crippen LogP contribution < -0.4 is 10.0 Å². The number of hydrogen-bond acceptors (Lipinski definition) is 3. The molecule has 1 amide bonds. The molecule has 9 heteroatoms. The molecule has 0 radical (unpaired) electrons. The van der Waals surface area contributed by atoms with Gasteiger partial charge in [-0.25, -0.2) is 13.1 Å². The van der Waals surface area contributed by atoms with Crippen LogP contribution in [0.5, 0.6) is 0 Å². The fourth-order valence-electron chi connectivity index (χ4n) is 1.80. The van der Waals surface area contributed by atoms with Crippen LogP contribution in [0, 0.1) is 0 Å². The first-order chi connectivity index (χ1) is 11.3. The highest BCUT2D eigenvalue weighted by molar-refractivity contribution is 7.89. The van der Waals surface area contributed by atoms with Crippen molar-refractivity contribution in [3.63, 3.8) is 0 Å². The molecule has 0 aliphatic carbocycles. The Morgan fingerprint density at radius 2 is 1.58 bits per heavy atom. The van der Waals surface area contributed by atoms with Crippen molar-refractivity contribution in [3.05, 3.63) is 57.5 Å². The number of anilines is 1. The standard InChI is InChI=1S/C15H13Cl3N2O3S/c16-10-1-4-12(5-2-10)24(22,23)19-8-7-15(21)20-14-9-11(17)3-6-13(14)18/h1-6,9,19H,7-8H2,(H,20,21). The van der Waals surface area contributed by atoms with Crippen LogP contribution in [0.25, 0.3) is 0 Å². The average molecular weight is 408 g/mol. The fraction of sp³-hybridized carbons (Fsp3) is 0.133. The molecule has 0 heterocycles. The van der Waals surface area contributed by atoms with Gasteiger partial charge in [-0.05, 0) is 42.5 Å². The molecule has 0 aliphatic heterocycles. The van der Waals surface area contributed by atoms with Gasteiger partial charge in [-0.1, -0.05) is 34.8 Å². The van der Waals surface area contributed by atoms with E-state index in [2.05, 4.69) is 10.0 Å². The third kappa shape index (κ3) is 5.36. The molecular formula is C15H13Cl3N2O3S. The molecule has 0 spiro atoms. The summed E-state index contributed by atoms with van der Waals surface area (Å²) >= 11 is 17.5. The van der Waals surface area contributed by atoms with Gasteiger partial charge in [0, 0.05) is 23.0 Å². The summed E-state index contributed by atoms with van der Waals surface area (Å²) < 4.78 is 26.5. The second kappa shape index (κ2) is 8.18. The van der Waals surface area contributed by atoms with Crippen LogP contribution in [-0.2, 0) is 14.8 Å². The second-order valence-electron chi connectivity index (χ2n) is 4.77. The predicted octanol–water partition coefficient (Wildman–Crippen LogP) is 3.95. The molecule has 0 aromatic heterocycles. The summed E-state index contributed by atoms with van der Waals surface area (Å²) in [5.41, 5.74) is 0.370. The smallest absolute Gasteiger partial charge is 0.240 e. The first-order valence-corrected chi connectivity index (χ1v) is 9.40. The van der Waals surface area contributed by atoms with E-state index in [-0.39, 0.29) is 17.9 Å². The lowest BCUT2D eigenvalue weighted by molar-refractivity contribution is -0.116. The monoisotopic (exact) mass is 406 g/mol. The van der Waals surface area contributed by atoms with E-state index in [9.17, 15) is 13.2 Å². The third-order valence-corrected chi connectivity index (χ3v) is 5.26. The second-order valence-corrected chi connectivity index (χ2v) is 7.82. The molecular weight excluding hydrogens is 395 g/mol. The maximum Gasteiger partial charge on any atom is 0.240 e. The minimum Gasteiger partial charge on any atom is -0.325 e. The molecule has 2 rings (SSSR count). The molecule has 5 nitrogen and oxygen atoms in total. The maximum absolute atomic E-state index is 12.1. The quantitative estimate of drug-likeness (QED) is 0.761. The highest BCUT2D eigenvalue weighted by atomic mass is 35.5. The Balaban J connectivity index is 1.90. The van der Waals surface area contributed by atoms with Gasteiger partial charge in [-0.15, -0.1) is 0 Å². The zero-order chi connectivity index (χ0) is 17.7. The summed E-state index contributed by atoms with van der Waals surface area (Å²) in [6, 6.07) is 10.4. The summed E-state index contributed by atoms with van der Waals surface area (Å²) in [6.07, 6.45) is -0.0599. The number of hydrogen-bond donors (Lipinski definition) is 2. The molecule has 2 aromatic carbocycles. The number of carbonyl (C=O) groups excluding carboxylic acids is 1. The van der Waals surface area contributed by atoms with Gasteiger partial charge < -0.3 is 5.32 Å². The Kier molecular flexibility index (Phi) is 6.48. The van der Waals surface area contributed by atoms with Crippen LogP contribution >= 0.6 is 34.8 Å². The van der Waals surface area contributed by atoms with Crippen LogP contribution in [-0.4, -0.2) is 20.9 Å². The van der Waals surface area contributed by atoms with Crippen molar-refractivity contribution in [1.29, 1.82) is 0 Å². The number of amides is 1. The van der Waals surface area contributed by atoms with Gasteiger partial charge in [-0.2, -0.15) is 0 Å². The average Bonchev–Trinajstić information content (AvgIpc) is 2.51. The number of benzene rings is 2. The van der Waals surface area contributed by atoms with Gasteiger partial charge in [0.1, 0.15) is 0 Å². The minimum atomic E-state index is -3.70. The molecule has 0 fully saturated rings. The zero-order valence-corrected chi connectivity index (χ0v) is 15.3. The van der Waals surface area contributed by atoms with Gasteiger partial charge in [0.15, 0.2) is 0 Å². The van der Waals surface area contributed by atoms with Gasteiger partial charge in [0.2, 0.25) is 15.9 Å². The molecule has 2 N–H and O–H groups in total. The number of rotatable bonds is 6. The van der Waals surface area contributed by atoms with Gasteiger partial charge in [-0.3, -0.25) is 4.79 Å². The Hall–Kier alpha value is -1.31. The van der Waals surface area contributed by atoms with Gasteiger partial charge >= 0.3 is 0 Å². The number of carbonyl (C=O) groups is 1. The van der Waals surface area contributed by atoms with E-state index >= 15 is 0 Å². The molecule has 128 valence electrons. The first-order valence-electron chi connectivity index (χ1n) is 6.78. The fourth-order valence-corrected chi connectivity index (χ4v) is 3.30. The van der Waals surface area contributed by atoms with Crippen molar-refractivity contribution in [3.8, 4) is 0 Å². The van der Waals surface area contributed by atoms with E-state index in [4.69, 9.17) is 34.8 Å². The van der Waals surface area contributed by atoms with E-state index in [1.165, 1.54) is 30.3 Å². The Morgan fingerprint density at radius 3 is 2.25 bits per heavy atom. The summed E-state index contributed by atoms with van der Waals surface area (Å²) in [4.78, 5) is 12.0. The topological polar surface area (TPSA) is 75.3 Å². The predicted molar refractivity (Wildman–Crippen MR) is 96.3 cm³/mol. The van der Waals surface area contributed by atoms with Crippen LogP contribution in [0.15, 0.2) is 47.4 Å². The van der Waals surface area contributed by atoms with E-state index in [1.807, 2.05) is 0 Å². The highest BCUT2D eigenvalue weighted by Crippen LogP contribution is 2.25. The van der Waals surface area contributed by atoms with Crippen LogP contribution in [0.2, 0.25) is 15.1 Å². The first kappa shape index (κ1) is 19.0. The van der Waals surface area contributed by atoms with Gasteiger partial charge in [0.25, 0.3) is 0 Å². The third-order valence-electron chi connectivity index (χ3n) is 2.97. The lowest BCUT2D eigenvalue weighted by atomic mass is 10.3. The Bertz CT molecular complexity index is 840. The number of nitrogens with one attached hydrogen (secondary N) is 2. The van der Waals surface area contributed by atoms with Crippen LogP contribution in [0.3, 0.4) is 0 Å². The Morgan fingerprint density at radius 1 is 0.958 bits per heavy atom. The van der Waals surface area contributed by atoms with Crippen molar-refractivity contribution in [2.75, 3.05) is 11.9 Å². The van der Waals surface area contributed by atoms with E-state index in [1.54, 1.807) is 12.1 Å². The molecule has 0 saturated heterocycles. The molecule has 2 aromatic rings. The van der Waals surface area contributed by atoms with Crippen molar-refractivity contribution < 1.29 is 13.2 Å². The minimum absolute atomic E-state index is 0.0599. The Labute approximate surface area is 155 Å². The molecule has 0 unspecified atom stereocenters. The summed E-state index contributed by atoms with van der Waals surface area (Å²) in [5, 5.41) is 3.78. The molecule has 0 aliphatic rings. The zero-order valence-electron chi connectivity index (χ0n) is 12.2. The van der Waals surface area contributed by atoms with E-state index in [0.29, 0.717) is 20.8 Å². The van der Waals surface area contributed by atoms with Crippen LogP contribution in [0.4, 0.5) is 5.69 Å². The van der Waals surface area contributed by atoms with Crippen molar-refractivity contribution in [2.24, 2.45) is 0 Å². The van der Waals surface area contributed by atoms with Gasteiger partial charge in [0.05, 0.1) is 15.6 Å². The molecule has 24 heavy (non-hydrogen) atoms. The maximum atomic E-state index is 12.1. The lowest BCUT2D eigenvalue weighted by Gasteiger charge is -2.09. The SMILES string of the molecule is O=C(CCNS(=O)(=O)c1ccc(Cl)cc1)Nc1cc(Cl)ccc1Cl. The van der Waals surface area contributed by atoms with Crippen molar-refractivity contribution in [1.82, 2.24) is 4.72 Å². The molecule has 0 bridgehead atoms. The van der Waals surface area contributed by atoms with Crippen molar-refractivity contribution >= 4 is 56.4 Å². The van der Waals surface area contributed by atoms with E-state index in [0.717, 1.165) is 0 Å². The van der Waals surface area contributed by atoms with E-state index < -0.39 is 15.9 Å². The highest BCUT2D eigenvalue weighted by Gasteiger charge is 2.14. The molecule has 0 atom stereocenters. The number of halogens is 3. The van der Waals surface area contributed by atoms with Crippen molar-refractivity contribution in [2.45, 2.75) is 11.3 Å². The van der Waals surface area contributed by atoms with Crippen LogP contribution in [0.1, 0.15) is 6.42 Å². The molecule has 0 saturated carbocycles.